The quantitative estimate of drug-likeness (QED) is 0.768. The lowest BCUT2D eigenvalue weighted by molar-refractivity contribution is -0.182. The summed E-state index contributed by atoms with van der Waals surface area (Å²) in [5.41, 5.74) is 2.80. The highest BCUT2D eigenvalue weighted by molar-refractivity contribution is 5.92. The van der Waals surface area contributed by atoms with Crippen molar-refractivity contribution in [2.75, 3.05) is 19.6 Å². The van der Waals surface area contributed by atoms with Gasteiger partial charge in [0.05, 0.1) is 12.0 Å². The molecule has 3 aliphatic rings. The molecule has 5 rings (SSSR count). The minimum Gasteiger partial charge on any atom is -0.390 e. The Morgan fingerprint density at radius 2 is 1.84 bits per heavy atom. The van der Waals surface area contributed by atoms with Crippen LogP contribution in [0.5, 0.6) is 0 Å². The van der Waals surface area contributed by atoms with Crippen LogP contribution in [0.2, 0.25) is 0 Å². The third-order valence-electron chi connectivity index (χ3n) is 7.14. The summed E-state index contributed by atoms with van der Waals surface area (Å²) in [6, 6.07) is 8.32. The molecule has 9 heteroatoms. The lowest BCUT2D eigenvalue weighted by Gasteiger charge is -2.43. The van der Waals surface area contributed by atoms with Crippen LogP contribution in [0, 0.1) is 5.92 Å². The van der Waals surface area contributed by atoms with Crippen LogP contribution in [0.4, 0.5) is 13.2 Å². The fourth-order valence-corrected chi connectivity index (χ4v) is 5.31. The number of piperidine rings is 1. The standard InChI is InChI=1S/C23H27F3N4O2/c24-23(25,26)17-5-6-21-27-18(13-30(21)12-17)22(32)29-10-8-19(20(31)14-29)28-9-7-15-3-1-2-4-16(15)11-28/h1-4,13,17,19-20,31H,5-12,14H2/t17?,19-,20-/m0/s1. The van der Waals surface area contributed by atoms with E-state index in [0.29, 0.717) is 18.8 Å². The number of aliphatic hydroxyl groups is 1. The van der Waals surface area contributed by atoms with Gasteiger partial charge in [-0.3, -0.25) is 9.69 Å². The molecule has 6 nitrogen and oxygen atoms in total. The molecule has 0 spiro atoms. The number of β-amino-alcohol motifs (C(OH)–C–C–N with tert-alkyl or cyclic N) is 1. The lowest BCUT2D eigenvalue weighted by atomic mass is 9.94. The molecule has 4 heterocycles. The van der Waals surface area contributed by atoms with Crippen molar-refractivity contribution in [1.82, 2.24) is 19.4 Å². The topological polar surface area (TPSA) is 61.6 Å². The molecule has 1 amide bonds. The van der Waals surface area contributed by atoms with Crippen LogP contribution >= 0.6 is 0 Å². The van der Waals surface area contributed by atoms with E-state index < -0.39 is 18.2 Å². The normalized spacial score (nSPS) is 26.5. The van der Waals surface area contributed by atoms with Crippen molar-refractivity contribution in [2.24, 2.45) is 5.92 Å². The molecule has 1 saturated heterocycles. The highest BCUT2D eigenvalue weighted by atomic mass is 19.4. The number of aryl methyl sites for hydroxylation is 1. The Labute approximate surface area is 184 Å². The van der Waals surface area contributed by atoms with E-state index in [2.05, 4.69) is 22.0 Å². The summed E-state index contributed by atoms with van der Waals surface area (Å²) in [6.45, 7) is 2.17. The predicted molar refractivity (Wildman–Crippen MR) is 111 cm³/mol. The van der Waals surface area contributed by atoms with E-state index in [1.165, 1.54) is 21.9 Å². The van der Waals surface area contributed by atoms with Gasteiger partial charge in [-0.15, -0.1) is 0 Å². The largest absolute Gasteiger partial charge is 0.393 e. The second-order valence-corrected chi connectivity index (χ2v) is 9.14. The first-order chi connectivity index (χ1) is 15.3. The number of fused-ring (bicyclic) bond motifs is 2. The molecule has 172 valence electrons. The number of rotatable bonds is 2. The number of nitrogens with zero attached hydrogens (tertiary/aromatic N) is 4. The number of amides is 1. The minimum atomic E-state index is -4.24. The van der Waals surface area contributed by atoms with Gasteiger partial charge in [0.15, 0.2) is 0 Å². The zero-order chi connectivity index (χ0) is 22.5. The maximum atomic E-state index is 13.1. The average Bonchev–Trinajstić information content (AvgIpc) is 3.21. The fraction of sp³-hybridized carbons (Fsp3) is 0.565. The SMILES string of the molecule is O=C(c1cn2c(n1)CCC(C(F)(F)F)C2)N1CC[C@H](N2CCc3ccccc3C2)[C@@H](O)C1. The molecule has 1 aromatic heterocycles. The summed E-state index contributed by atoms with van der Waals surface area (Å²) in [6.07, 6.45) is -1.68. The summed E-state index contributed by atoms with van der Waals surface area (Å²) >= 11 is 0. The van der Waals surface area contributed by atoms with Crippen LogP contribution in [0.15, 0.2) is 30.5 Å². The number of likely N-dealkylation sites (tertiary alicyclic amines) is 1. The third kappa shape index (κ3) is 4.03. The van der Waals surface area contributed by atoms with Crippen LogP contribution in [0.1, 0.15) is 40.3 Å². The smallest absolute Gasteiger partial charge is 0.390 e. The first-order valence-corrected chi connectivity index (χ1v) is 11.2. The molecule has 0 bridgehead atoms. The molecule has 2 aromatic rings. The molecule has 1 unspecified atom stereocenters. The predicted octanol–water partition coefficient (Wildman–Crippen LogP) is 2.64. The maximum Gasteiger partial charge on any atom is 0.393 e. The number of benzene rings is 1. The first kappa shape index (κ1) is 21.5. The van der Waals surface area contributed by atoms with Crippen molar-refractivity contribution in [2.45, 2.75) is 57.1 Å². The number of halogens is 3. The molecule has 1 fully saturated rings. The van der Waals surface area contributed by atoms with Crippen LogP contribution in [0.3, 0.4) is 0 Å². The van der Waals surface area contributed by atoms with Gasteiger partial charge in [-0.1, -0.05) is 24.3 Å². The molecular weight excluding hydrogens is 421 g/mol. The maximum absolute atomic E-state index is 13.1. The number of alkyl halides is 3. The van der Waals surface area contributed by atoms with E-state index in [-0.39, 0.29) is 43.6 Å². The third-order valence-corrected chi connectivity index (χ3v) is 7.14. The Balaban J connectivity index is 1.23. The van der Waals surface area contributed by atoms with E-state index in [1.54, 1.807) is 4.90 Å². The highest BCUT2D eigenvalue weighted by Crippen LogP contribution is 2.34. The van der Waals surface area contributed by atoms with Gasteiger partial charge in [-0.05, 0) is 30.4 Å². The summed E-state index contributed by atoms with van der Waals surface area (Å²) < 4.78 is 40.7. The van der Waals surface area contributed by atoms with E-state index >= 15 is 0 Å². The Morgan fingerprint density at radius 1 is 1.06 bits per heavy atom. The van der Waals surface area contributed by atoms with Crippen LogP contribution in [0.25, 0.3) is 0 Å². The van der Waals surface area contributed by atoms with E-state index in [1.807, 2.05) is 12.1 Å². The number of hydrogen-bond acceptors (Lipinski definition) is 4. The molecule has 0 radical (unpaired) electrons. The molecule has 3 aliphatic heterocycles. The van der Waals surface area contributed by atoms with Crippen molar-refractivity contribution in [3.05, 3.63) is 53.1 Å². The summed E-state index contributed by atoms with van der Waals surface area (Å²) in [4.78, 5) is 21.2. The van der Waals surface area contributed by atoms with Crippen molar-refractivity contribution in [1.29, 1.82) is 0 Å². The molecule has 3 atom stereocenters. The fourth-order valence-electron chi connectivity index (χ4n) is 5.31. The summed E-state index contributed by atoms with van der Waals surface area (Å²) in [5.74, 6) is -1.20. The monoisotopic (exact) mass is 448 g/mol. The molecule has 1 N–H and O–H groups in total. The Morgan fingerprint density at radius 3 is 2.59 bits per heavy atom. The summed E-state index contributed by atoms with van der Waals surface area (Å²) in [5, 5.41) is 10.8. The second kappa shape index (κ2) is 8.19. The zero-order valence-electron chi connectivity index (χ0n) is 17.8. The number of carbonyl (C=O) groups excluding carboxylic acids is 1. The Bertz CT molecular complexity index is 1010. The molecule has 1 aromatic carbocycles. The number of aromatic nitrogens is 2. The Kier molecular flexibility index (Phi) is 5.49. The van der Waals surface area contributed by atoms with Gasteiger partial charge >= 0.3 is 6.18 Å². The molecule has 32 heavy (non-hydrogen) atoms. The molecule has 0 saturated carbocycles. The van der Waals surface area contributed by atoms with Crippen LogP contribution in [-0.4, -0.2) is 68.3 Å². The van der Waals surface area contributed by atoms with E-state index in [4.69, 9.17) is 0 Å². The first-order valence-electron chi connectivity index (χ1n) is 11.2. The van der Waals surface area contributed by atoms with Gasteiger partial charge in [-0.2, -0.15) is 13.2 Å². The minimum absolute atomic E-state index is 0.00276. The van der Waals surface area contributed by atoms with Crippen molar-refractivity contribution in [3.8, 4) is 0 Å². The van der Waals surface area contributed by atoms with Crippen LogP contribution < -0.4 is 0 Å². The van der Waals surface area contributed by atoms with Crippen LogP contribution in [-0.2, 0) is 25.9 Å². The van der Waals surface area contributed by atoms with Gasteiger partial charge in [0.25, 0.3) is 5.91 Å². The van der Waals surface area contributed by atoms with Crippen molar-refractivity contribution < 1.29 is 23.1 Å². The van der Waals surface area contributed by atoms with Crippen molar-refractivity contribution >= 4 is 5.91 Å². The lowest BCUT2D eigenvalue weighted by Crippen LogP contribution is -2.56. The van der Waals surface area contributed by atoms with Gasteiger partial charge < -0.3 is 14.6 Å². The zero-order valence-corrected chi connectivity index (χ0v) is 17.8. The second-order valence-electron chi connectivity index (χ2n) is 9.14. The molecular formula is C23H27F3N4O2. The average molecular weight is 448 g/mol. The van der Waals surface area contributed by atoms with E-state index in [0.717, 1.165) is 19.5 Å². The van der Waals surface area contributed by atoms with Gasteiger partial charge in [0.2, 0.25) is 0 Å². The van der Waals surface area contributed by atoms with Crippen molar-refractivity contribution in [3.63, 3.8) is 0 Å². The number of imidazole rings is 1. The number of hydrogen-bond donors (Lipinski definition) is 1. The summed E-state index contributed by atoms with van der Waals surface area (Å²) in [7, 11) is 0. The molecule has 0 aliphatic carbocycles. The highest BCUT2D eigenvalue weighted by Gasteiger charge is 2.42. The van der Waals surface area contributed by atoms with Gasteiger partial charge in [-0.25, -0.2) is 4.98 Å². The number of carbonyl (C=O) groups is 1. The van der Waals surface area contributed by atoms with Gasteiger partial charge in [0.1, 0.15) is 11.5 Å². The Hall–Kier alpha value is -2.39. The van der Waals surface area contributed by atoms with Gasteiger partial charge in [0, 0.05) is 51.4 Å². The van der Waals surface area contributed by atoms with E-state index in [9.17, 15) is 23.1 Å². The number of aliphatic hydroxyl groups excluding tert-OH is 1.